The van der Waals surface area contributed by atoms with Crippen molar-refractivity contribution >= 4 is 30.6 Å². The van der Waals surface area contributed by atoms with E-state index in [1.54, 1.807) is 0 Å². The maximum atomic E-state index is 7.32. The number of aromatic nitrogens is 6. The van der Waals surface area contributed by atoms with Crippen LogP contribution in [-0.2, 0) is 5.60 Å². The molecule has 2 aromatic heterocycles. The third-order valence-electron chi connectivity index (χ3n) is 14.1. The molecule has 9 aromatic carbocycles. The molecule has 2 aliphatic rings. The SMILES string of the molecule is CC1(c2ccc([Si](C)(C)C)cc2)Oc2cc(-c3ccc(-c4nc(-c5ccccc5)nc(N5c6ccccc6Oc6ccccc65)n4)cc3-c3nc(-c4ccccc4)nc(-c4ccccc4)n3)ccc2-c2ccccc21. The molecule has 10 heteroatoms. The molecule has 4 heterocycles. The molecule has 0 saturated carbocycles. The number of nitrogens with zero attached hydrogens (tertiary/aromatic N) is 7. The van der Waals surface area contributed by atoms with Crippen LogP contribution in [0.2, 0.25) is 19.6 Å². The second-order valence-electron chi connectivity index (χ2n) is 20.0. The molecule has 0 spiro atoms. The normalized spacial score (nSPS) is 14.4. The van der Waals surface area contributed by atoms with Crippen molar-refractivity contribution in [2.24, 2.45) is 0 Å². The zero-order chi connectivity index (χ0) is 50.7. The fourth-order valence-corrected chi connectivity index (χ4v) is 11.4. The third kappa shape index (κ3) is 8.31. The van der Waals surface area contributed by atoms with Gasteiger partial charge in [-0.15, -0.1) is 0 Å². The molecule has 1 atom stereocenters. The summed E-state index contributed by atoms with van der Waals surface area (Å²) in [5, 5.41) is 1.41. The fraction of sp³-hybridized carbons (Fsp3) is 0.0769. The zero-order valence-electron chi connectivity index (χ0n) is 41.8. The lowest BCUT2D eigenvalue weighted by Gasteiger charge is -2.38. The molecule has 9 nitrogen and oxygen atoms in total. The molecule has 11 aromatic rings. The Labute approximate surface area is 437 Å². The van der Waals surface area contributed by atoms with Crippen molar-refractivity contribution in [2.45, 2.75) is 32.2 Å². The van der Waals surface area contributed by atoms with E-state index in [0.717, 1.165) is 78.3 Å². The first kappa shape index (κ1) is 45.5. The molecule has 0 fully saturated rings. The predicted molar refractivity (Wildman–Crippen MR) is 303 cm³/mol. The number of para-hydroxylation sites is 4. The first-order valence-electron chi connectivity index (χ1n) is 25.2. The average molecular weight is 988 g/mol. The quantitative estimate of drug-likeness (QED) is 0.131. The van der Waals surface area contributed by atoms with E-state index in [2.05, 4.69) is 111 Å². The first-order valence-corrected chi connectivity index (χ1v) is 28.7. The van der Waals surface area contributed by atoms with E-state index in [1.165, 1.54) is 5.19 Å². The Morgan fingerprint density at radius 1 is 0.373 bits per heavy atom. The summed E-state index contributed by atoms with van der Waals surface area (Å²) in [5.74, 6) is 5.20. The van der Waals surface area contributed by atoms with Crippen LogP contribution in [0.1, 0.15) is 18.1 Å². The van der Waals surface area contributed by atoms with Gasteiger partial charge in [-0.3, -0.25) is 4.90 Å². The number of anilines is 3. The van der Waals surface area contributed by atoms with Crippen LogP contribution in [0.25, 0.3) is 79.2 Å². The molecule has 0 aliphatic carbocycles. The van der Waals surface area contributed by atoms with E-state index in [4.69, 9.17) is 39.4 Å². The molecule has 75 heavy (non-hydrogen) atoms. The van der Waals surface area contributed by atoms with Gasteiger partial charge in [-0.25, -0.2) is 19.9 Å². The largest absolute Gasteiger partial charge is 0.477 e. The van der Waals surface area contributed by atoms with Gasteiger partial charge >= 0.3 is 0 Å². The Kier molecular flexibility index (Phi) is 11.1. The number of rotatable bonds is 9. The molecule has 0 radical (unpaired) electrons. The summed E-state index contributed by atoms with van der Waals surface area (Å²) < 4.78 is 13.7. The summed E-state index contributed by atoms with van der Waals surface area (Å²) in [7, 11) is -1.54. The zero-order valence-corrected chi connectivity index (χ0v) is 42.8. The van der Waals surface area contributed by atoms with E-state index < -0.39 is 13.7 Å². The van der Waals surface area contributed by atoms with Gasteiger partial charge in [0.2, 0.25) is 5.95 Å². The predicted octanol–water partition coefficient (Wildman–Crippen LogP) is 15.5. The smallest absolute Gasteiger partial charge is 0.239 e. The van der Waals surface area contributed by atoms with Crippen molar-refractivity contribution in [1.29, 1.82) is 0 Å². The molecule has 13 rings (SSSR count). The fourth-order valence-electron chi connectivity index (χ4n) is 10.2. The van der Waals surface area contributed by atoms with Crippen molar-refractivity contribution in [3.63, 3.8) is 0 Å². The van der Waals surface area contributed by atoms with Gasteiger partial charge in [0, 0.05) is 38.9 Å². The second-order valence-corrected chi connectivity index (χ2v) is 25.1. The van der Waals surface area contributed by atoms with Crippen molar-refractivity contribution in [2.75, 3.05) is 4.90 Å². The van der Waals surface area contributed by atoms with Crippen molar-refractivity contribution in [3.8, 4) is 96.4 Å². The van der Waals surface area contributed by atoms with Gasteiger partial charge in [0.15, 0.2) is 46.2 Å². The van der Waals surface area contributed by atoms with Crippen LogP contribution in [0.3, 0.4) is 0 Å². The van der Waals surface area contributed by atoms with Crippen molar-refractivity contribution in [3.05, 3.63) is 236 Å². The summed E-state index contributed by atoms with van der Waals surface area (Å²) in [6.07, 6.45) is 0. The van der Waals surface area contributed by atoms with Gasteiger partial charge in [-0.2, -0.15) is 9.97 Å². The molecule has 360 valence electrons. The summed E-state index contributed by atoms with van der Waals surface area (Å²) in [6.45, 7) is 9.32. The highest BCUT2D eigenvalue weighted by atomic mass is 28.3. The van der Waals surface area contributed by atoms with Crippen LogP contribution in [0.4, 0.5) is 17.3 Å². The maximum Gasteiger partial charge on any atom is 0.239 e. The molecular formula is C65H49N7O2Si. The lowest BCUT2D eigenvalue weighted by Crippen LogP contribution is -2.39. The molecule has 0 amide bonds. The molecule has 0 N–H and O–H groups in total. The average Bonchev–Trinajstić information content (AvgIpc) is 3.49. The Bertz CT molecular complexity index is 3860. The minimum atomic E-state index is -1.54. The van der Waals surface area contributed by atoms with Crippen LogP contribution < -0.4 is 19.6 Å². The van der Waals surface area contributed by atoms with Gasteiger partial charge in [-0.1, -0.05) is 213 Å². The number of ether oxygens (including phenoxy) is 2. The van der Waals surface area contributed by atoms with Gasteiger partial charge in [0.05, 0.1) is 19.4 Å². The number of hydrogen-bond donors (Lipinski definition) is 0. The van der Waals surface area contributed by atoms with E-state index in [-0.39, 0.29) is 0 Å². The van der Waals surface area contributed by atoms with Gasteiger partial charge in [0.1, 0.15) is 5.75 Å². The molecular weight excluding hydrogens is 939 g/mol. The van der Waals surface area contributed by atoms with Gasteiger partial charge in [-0.05, 0) is 65.6 Å². The lowest BCUT2D eigenvalue weighted by molar-refractivity contribution is 0.129. The minimum absolute atomic E-state index is 0.441. The summed E-state index contributed by atoms with van der Waals surface area (Å²) in [5.41, 5.74) is 11.2. The Morgan fingerprint density at radius 3 is 1.44 bits per heavy atom. The minimum Gasteiger partial charge on any atom is -0.477 e. The van der Waals surface area contributed by atoms with Crippen LogP contribution in [-0.4, -0.2) is 38.0 Å². The van der Waals surface area contributed by atoms with Crippen LogP contribution in [0.15, 0.2) is 224 Å². The summed E-state index contributed by atoms with van der Waals surface area (Å²) in [6, 6.07) is 76.5. The van der Waals surface area contributed by atoms with Crippen molar-refractivity contribution in [1.82, 2.24) is 29.9 Å². The maximum absolute atomic E-state index is 7.32. The van der Waals surface area contributed by atoms with E-state index in [9.17, 15) is 0 Å². The Hall–Kier alpha value is -9.38. The highest BCUT2D eigenvalue weighted by Gasteiger charge is 2.39. The van der Waals surface area contributed by atoms with E-state index in [0.29, 0.717) is 46.6 Å². The monoisotopic (exact) mass is 987 g/mol. The van der Waals surface area contributed by atoms with E-state index >= 15 is 0 Å². The molecule has 1 unspecified atom stereocenters. The molecule has 0 bridgehead atoms. The van der Waals surface area contributed by atoms with Crippen LogP contribution in [0, 0.1) is 0 Å². The summed E-state index contributed by atoms with van der Waals surface area (Å²) in [4.78, 5) is 33.5. The highest BCUT2D eigenvalue weighted by Crippen LogP contribution is 2.51. The second kappa shape index (κ2) is 18.3. The standard InChI is InChI=1S/C65H49N7O2Si/c1-65(47-34-36-48(37-35-47)75(2,3)4)53-27-15-14-26-50(53)51-39-32-45(41-58(51)74-65)49-38-33-46(40-52(49)63-68-59(42-20-8-5-9-21-42)66-60(69-63)43-22-10-6-11-23-43)62-67-61(44-24-12-7-13-25-44)70-64(71-62)72-54-28-16-18-30-56(54)73-57-31-19-17-29-55(57)72/h5-41H,1-4H3. The topological polar surface area (TPSA) is 99.0 Å². The van der Waals surface area contributed by atoms with Crippen LogP contribution >= 0.6 is 0 Å². The lowest BCUT2D eigenvalue weighted by atomic mass is 9.80. The van der Waals surface area contributed by atoms with Gasteiger partial charge in [0.25, 0.3) is 0 Å². The third-order valence-corrected chi connectivity index (χ3v) is 16.2. The number of hydrogen-bond acceptors (Lipinski definition) is 9. The number of fused-ring (bicyclic) bond motifs is 5. The Morgan fingerprint density at radius 2 is 0.853 bits per heavy atom. The summed E-state index contributed by atoms with van der Waals surface area (Å²) >= 11 is 0. The first-order chi connectivity index (χ1) is 36.6. The Balaban J connectivity index is 1.02. The van der Waals surface area contributed by atoms with Crippen molar-refractivity contribution < 1.29 is 9.47 Å². The highest BCUT2D eigenvalue weighted by molar-refractivity contribution is 6.88. The molecule has 0 saturated heterocycles. The number of benzene rings is 9. The molecule has 2 aliphatic heterocycles. The van der Waals surface area contributed by atoms with Gasteiger partial charge < -0.3 is 9.47 Å². The van der Waals surface area contributed by atoms with Crippen LogP contribution in [0.5, 0.6) is 17.2 Å². The van der Waals surface area contributed by atoms with E-state index in [1.807, 2.05) is 144 Å².